The topological polar surface area (TPSA) is 114 Å². The number of hydrogen-bond donors (Lipinski definition) is 1. The van der Waals surface area contributed by atoms with Crippen LogP contribution in [0.3, 0.4) is 0 Å². The average molecular weight is 725 g/mol. The minimum absolute atomic E-state index is 0.102. The predicted molar refractivity (Wildman–Crippen MR) is 174 cm³/mol. The number of ether oxygens (including phenoxy) is 1. The van der Waals surface area contributed by atoms with Crippen molar-refractivity contribution >= 4 is 18.0 Å². The maximum Gasteiger partial charge on any atom is 0.416 e. The molecule has 0 spiro atoms. The number of carbonyl (C=O) groups excluding carboxylic acids is 1. The molecule has 2 aromatic heterocycles. The summed E-state index contributed by atoms with van der Waals surface area (Å²) in [5, 5.41) is 13.7. The minimum Gasteiger partial charge on any atom is -0.481 e. The number of benzene rings is 1. The minimum atomic E-state index is -5.02. The van der Waals surface area contributed by atoms with Crippen LogP contribution in [0.4, 0.5) is 37.1 Å². The first-order valence-corrected chi connectivity index (χ1v) is 16.9. The van der Waals surface area contributed by atoms with E-state index in [0.717, 1.165) is 5.56 Å². The molecule has 1 aliphatic carbocycles. The molecule has 3 heterocycles. The number of amides is 1. The molecule has 0 bridgehead atoms. The standard InChI is InChI=1S/C35H42F6N6O4/c1-6-26-13-28(14-27(7-2)47(26)32(50)51-29-11-23(12-29)33(3,4)30(48)49)46(31-42-15-21(16-43-31)22-17-44-45(5)19-22)18-20-8-24(34(36,37)38)10-25(9-20)35(39,40)41/h8-10,15-17,19,23,26-29H,6-7,11-14,18H2,1-5H3,(H,48,49)/t23-,26-,27+,28?,29-. The summed E-state index contributed by atoms with van der Waals surface area (Å²) in [7, 11) is 1.74. The summed E-state index contributed by atoms with van der Waals surface area (Å²) < 4.78 is 90.4. The van der Waals surface area contributed by atoms with Crippen molar-refractivity contribution in [2.75, 3.05) is 4.90 Å². The number of carboxylic acid groups (broad SMARTS) is 1. The summed E-state index contributed by atoms with van der Waals surface area (Å²) >= 11 is 0. The third kappa shape index (κ3) is 8.25. The summed E-state index contributed by atoms with van der Waals surface area (Å²) in [4.78, 5) is 37.6. The number of likely N-dealkylation sites (tertiary alicyclic amines) is 1. The first kappa shape index (κ1) is 37.9. The summed E-state index contributed by atoms with van der Waals surface area (Å²) in [6.45, 7) is 6.72. The molecule has 16 heteroatoms. The molecule has 3 aromatic rings. The molecule has 278 valence electrons. The Hall–Kier alpha value is -4.37. The van der Waals surface area contributed by atoms with Gasteiger partial charge in [-0.15, -0.1) is 0 Å². The number of hydrogen-bond acceptors (Lipinski definition) is 7. The molecule has 0 radical (unpaired) electrons. The number of carboxylic acids is 1. The number of halogens is 6. The SMILES string of the molecule is CC[C@@H]1CC(N(Cc2cc(C(F)(F)F)cc(C(F)(F)F)c2)c2ncc(-c3cnn(C)c3)cn2)C[C@H](CC)N1C(=O)O[C@H]1C[C@H](C(C)(C)C(=O)O)C1. The summed E-state index contributed by atoms with van der Waals surface area (Å²) in [6, 6.07) is 0.301. The second-order valence-electron chi connectivity index (χ2n) is 14.1. The Kier molecular flexibility index (Phi) is 10.6. The maximum absolute atomic E-state index is 13.8. The highest BCUT2D eigenvalue weighted by molar-refractivity contribution is 5.74. The van der Waals surface area contributed by atoms with Crippen LogP contribution in [0.25, 0.3) is 11.1 Å². The van der Waals surface area contributed by atoms with Crippen molar-refractivity contribution in [3.63, 3.8) is 0 Å². The number of aryl methyl sites for hydroxylation is 1. The summed E-state index contributed by atoms with van der Waals surface area (Å²) in [5.41, 5.74) is -2.67. The largest absolute Gasteiger partial charge is 0.481 e. The van der Waals surface area contributed by atoms with E-state index in [4.69, 9.17) is 4.74 Å². The molecule has 3 atom stereocenters. The maximum atomic E-state index is 13.8. The van der Waals surface area contributed by atoms with Gasteiger partial charge in [0.15, 0.2) is 0 Å². The number of aromatic nitrogens is 4. The predicted octanol–water partition coefficient (Wildman–Crippen LogP) is 7.97. The third-order valence-corrected chi connectivity index (χ3v) is 10.3. The molecule has 2 fully saturated rings. The molecular weight excluding hydrogens is 682 g/mol. The van der Waals surface area contributed by atoms with E-state index >= 15 is 0 Å². The Morgan fingerprint density at radius 2 is 1.43 bits per heavy atom. The van der Waals surface area contributed by atoms with E-state index in [1.807, 2.05) is 13.8 Å². The number of carbonyl (C=O) groups is 2. The van der Waals surface area contributed by atoms with Crippen molar-refractivity contribution in [1.29, 1.82) is 0 Å². The highest BCUT2D eigenvalue weighted by atomic mass is 19.4. The normalized spacial score (nSPS) is 22.7. The highest BCUT2D eigenvalue weighted by Crippen LogP contribution is 2.44. The van der Waals surface area contributed by atoms with Gasteiger partial charge in [-0.05, 0) is 82.1 Å². The Bertz CT molecular complexity index is 1660. The van der Waals surface area contributed by atoms with E-state index in [0.29, 0.717) is 56.2 Å². The van der Waals surface area contributed by atoms with Gasteiger partial charge in [-0.25, -0.2) is 14.8 Å². The van der Waals surface area contributed by atoms with Crippen molar-refractivity contribution in [3.05, 3.63) is 59.7 Å². The zero-order valence-electron chi connectivity index (χ0n) is 29.0. The van der Waals surface area contributed by atoms with E-state index in [9.17, 15) is 41.0 Å². The first-order chi connectivity index (χ1) is 23.8. The van der Waals surface area contributed by atoms with Gasteiger partial charge in [0.05, 0.1) is 22.7 Å². The van der Waals surface area contributed by atoms with Crippen LogP contribution in [0, 0.1) is 11.3 Å². The molecule has 1 amide bonds. The van der Waals surface area contributed by atoms with Gasteiger partial charge < -0.3 is 19.6 Å². The van der Waals surface area contributed by atoms with Gasteiger partial charge in [0.25, 0.3) is 0 Å². The molecular formula is C35H42F6N6O4. The van der Waals surface area contributed by atoms with Crippen molar-refractivity contribution in [2.24, 2.45) is 18.4 Å². The van der Waals surface area contributed by atoms with Gasteiger partial charge in [0.1, 0.15) is 6.10 Å². The number of rotatable bonds is 10. The summed E-state index contributed by atoms with van der Waals surface area (Å²) in [5.74, 6) is -0.952. The zero-order valence-corrected chi connectivity index (χ0v) is 29.0. The quantitative estimate of drug-likeness (QED) is 0.210. The average Bonchev–Trinajstić information content (AvgIpc) is 3.49. The fourth-order valence-electron chi connectivity index (χ4n) is 7.02. The molecule has 1 saturated carbocycles. The lowest BCUT2D eigenvalue weighted by atomic mass is 9.66. The number of aliphatic carboxylic acids is 1. The van der Waals surface area contributed by atoms with Gasteiger partial charge in [0.2, 0.25) is 5.95 Å². The Morgan fingerprint density at radius 3 is 1.88 bits per heavy atom. The number of piperidine rings is 1. The van der Waals surface area contributed by atoms with Crippen LogP contribution in [0.1, 0.15) is 82.9 Å². The van der Waals surface area contributed by atoms with E-state index in [-0.39, 0.29) is 42.1 Å². The summed E-state index contributed by atoms with van der Waals surface area (Å²) in [6.07, 6.45) is -2.09. The van der Waals surface area contributed by atoms with Crippen molar-refractivity contribution in [2.45, 2.75) is 109 Å². The number of nitrogens with zero attached hydrogens (tertiary/aromatic N) is 6. The van der Waals surface area contributed by atoms with Crippen molar-refractivity contribution in [1.82, 2.24) is 24.6 Å². The van der Waals surface area contributed by atoms with E-state index in [1.165, 1.54) is 12.4 Å². The second-order valence-corrected chi connectivity index (χ2v) is 14.1. The van der Waals surface area contributed by atoms with Crippen LogP contribution < -0.4 is 4.90 Å². The third-order valence-electron chi connectivity index (χ3n) is 10.3. The lowest BCUT2D eigenvalue weighted by Gasteiger charge is -2.49. The molecule has 1 aromatic carbocycles. The van der Waals surface area contributed by atoms with Gasteiger partial charge in [0, 0.05) is 61.4 Å². The fraction of sp³-hybridized carbons (Fsp3) is 0.571. The van der Waals surface area contributed by atoms with Gasteiger partial charge in [-0.1, -0.05) is 13.8 Å². The van der Waals surface area contributed by atoms with E-state index in [1.54, 1.807) is 47.8 Å². The molecule has 2 aliphatic rings. The zero-order chi connectivity index (χ0) is 37.5. The Morgan fingerprint density at radius 1 is 0.882 bits per heavy atom. The molecule has 51 heavy (non-hydrogen) atoms. The van der Waals surface area contributed by atoms with E-state index < -0.39 is 53.1 Å². The van der Waals surface area contributed by atoms with Crippen molar-refractivity contribution < 1.29 is 45.8 Å². The molecule has 10 nitrogen and oxygen atoms in total. The van der Waals surface area contributed by atoms with Crippen LogP contribution in [0.5, 0.6) is 0 Å². The molecule has 1 saturated heterocycles. The second kappa shape index (κ2) is 14.3. The van der Waals surface area contributed by atoms with Crippen LogP contribution >= 0.6 is 0 Å². The van der Waals surface area contributed by atoms with Crippen LogP contribution in [-0.2, 0) is 35.5 Å². The first-order valence-electron chi connectivity index (χ1n) is 16.9. The van der Waals surface area contributed by atoms with Gasteiger partial charge in [-0.2, -0.15) is 31.4 Å². The lowest BCUT2D eigenvalue weighted by molar-refractivity contribution is -0.155. The Balaban J connectivity index is 1.44. The highest BCUT2D eigenvalue weighted by Gasteiger charge is 2.48. The lowest BCUT2D eigenvalue weighted by Crippen LogP contribution is -2.58. The fourth-order valence-corrected chi connectivity index (χ4v) is 7.02. The van der Waals surface area contributed by atoms with Crippen LogP contribution in [-0.4, -0.2) is 66.0 Å². The van der Waals surface area contributed by atoms with Gasteiger partial charge >= 0.3 is 24.4 Å². The van der Waals surface area contributed by atoms with Crippen molar-refractivity contribution in [3.8, 4) is 11.1 Å². The monoisotopic (exact) mass is 724 g/mol. The van der Waals surface area contributed by atoms with E-state index in [2.05, 4.69) is 15.1 Å². The molecule has 1 unspecified atom stereocenters. The molecule has 1 N–H and O–H groups in total. The number of alkyl halides is 6. The Labute approximate surface area is 291 Å². The smallest absolute Gasteiger partial charge is 0.416 e. The molecule has 5 rings (SSSR count). The van der Waals surface area contributed by atoms with Crippen LogP contribution in [0.15, 0.2) is 43.0 Å². The van der Waals surface area contributed by atoms with Crippen LogP contribution in [0.2, 0.25) is 0 Å². The van der Waals surface area contributed by atoms with Gasteiger partial charge in [-0.3, -0.25) is 9.48 Å². The number of anilines is 1. The molecule has 1 aliphatic heterocycles.